The van der Waals surface area contributed by atoms with E-state index in [0.717, 1.165) is 43.7 Å². The average Bonchev–Trinajstić information content (AvgIpc) is 2.83. The maximum Gasteiger partial charge on any atom is 0.106 e. The normalized spacial score (nSPS) is 10.8. The zero-order valence-corrected chi connectivity index (χ0v) is 10.9. The van der Waals surface area contributed by atoms with Gasteiger partial charge in [-0.3, -0.25) is 0 Å². The predicted molar refractivity (Wildman–Crippen MR) is 75.4 cm³/mol. The minimum Gasteiger partial charge on any atom is -0.345 e. The van der Waals surface area contributed by atoms with Crippen LogP contribution in [-0.2, 0) is 12.8 Å². The van der Waals surface area contributed by atoms with Crippen molar-refractivity contribution < 1.29 is 0 Å². The highest BCUT2D eigenvalue weighted by Crippen LogP contribution is 2.22. The van der Waals surface area contributed by atoms with Gasteiger partial charge in [0.2, 0.25) is 0 Å². The standard InChI is InChI=1S/C15H21N3/c1-2-13-15(12-8-4-3-5-9-12)18-14(17-13)10-6-7-11-16/h3-5,8-9H,2,6-7,10-11,16H2,1H3,(H,17,18). The highest BCUT2D eigenvalue weighted by atomic mass is 14.9. The van der Waals surface area contributed by atoms with E-state index in [2.05, 4.69) is 36.2 Å². The summed E-state index contributed by atoms with van der Waals surface area (Å²) in [7, 11) is 0. The molecule has 0 radical (unpaired) electrons. The molecule has 0 spiro atoms. The number of aromatic amines is 1. The van der Waals surface area contributed by atoms with Gasteiger partial charge in [-0.1, -0.05) is 37.3 Å². The molecule has 0 fully saturated rings. The number of aromatic nitrogens is 2. The molecule has 3 heteroatoms. The van der Waals surface area contributed by atoms with Gasteiger partial charge >= 0.3 is 0 Å². The van der Waals surface area contributed by atoms with E-state index >= 15 is 0 Å². The number of nitrogens with one attached hydrogen (secondary N) is 1. The minimum atomic E-state index is 0.757. The Morgan fingerprint density at radius 2 is 1.94 bits per heavy atom. The molecule has 0 amide bonds. The van der Waals surface area contributed by atoms with Crippen molar-refractivity contribution in [1.29, 1.82) is 0 Å². The summed E-state index contributed by atoms with van der Waals surface area (Å²) in [5.41, 5.74) is 9.03. The molecule has 2 aromatic rings. The number of nitrogens with zero attached hydrogens (tertiary/aromatic N) is 1. The Morgan fingerprint density at radius 1 is 1.17 bits per heavy atom. The highest BCUT2D eigenvalue weighted by Gasteiger charge is 2.10. The Kier molecular flexibility index (Phi) is 4.53. The molecule has 1 heterocycles. The number of benzene rings is 1. The lowest BCUT2D eigenvalue weighted by Crippen LogP contribution is -1.99. The highest BCUT2D eigenvalue weighted by molar-refractivity contribution is 5.61. The van der Waals surface area contributed by atoms with E-state index in [1.807, 2.05) is 6.07 Å². The molecular weight excluding hydrogens is 222 g/mol. The Bertz CT molecular complexity index is 474. The summed E-state index contributed by atoms with van der Waals surface area (Å²) in [5, 5.41) is 0. The number of aryl methyl sites for hydroxylation is 2. The molecule has 18 heavy (non-hydrogen) atoms. The molecule has 3 N–H and O–H groups in total. The van der Waals surface area contributed by atoms with Gasteiger partial charge < -0.3 is 10.7 Å². The molecule has 0 aliphatic heterocycles. The number of hydrogen-bond donors (Lipinski definition) is 2. The number of H-pyrrole nitrogens is 1. The molecule has 2 rings (SSSR count). The third-order valence-corrected chi connectivity index (χ3v) is 3.10. The van der Waals surface area contributed by atoms with Crippen molar-refractivity contribution in [3.63, 3.8) is 0 Å². The second-order valence-electron chi connectivity index (χ2n) is 4.48. The van der Waals surface area contributed by atoms with Crippen LogP contribution in [0, 0.1) is 0 Å². The fraction of sp³-hybridized carbons (Fsp3) is 0.400. The first-order valence-electron chi connectivity index (χ1n) is 6.68. The number of nitrogens with two attached hydrogens (primary N) is 1. The van der Waals surface area contributed by atoms with Crippen LogP contribution in [0.25, 0.3) is 11.3 Å². The first-order chi connectivity index (χ1) is 8.85. The summed E-state index contributed by atoms with van der Waals surface area (Å²) < 4.78 is 0. The van der Waals surface area contributed by atoms with Crippen molar-refractivity contribution >= 4 is 0 Å². The summed E-state index contributed by atoms with van der Waals surface area (Å²) in [4.78, 5) is 8.16. The van der Waals surface area contributed by atoms with Crippen molar-refractivity contribution in [3.8, 4) is 11.3 Å². The second kappa shape index (κ2) is 6.36. The van der Waals surface area contributed by atoms with Crippen LogP contribution in [0.4, 0.5) is 0 Å². The lowest BCUT2D eigenvalue weighted by Gasteiger charge is -1.98. The largest absolute Gasteiger partial charge is 0.345 e. The minimum absolute atomic E-state index is 0.757. The Labute approximate surface area is 108 Å². The van der Waals surface area contributed by atoms with E-state index in [9.17, 15) is 0 Å². The number of unbranched alkanes of at least 4 members (excludes halogenated alkanes) is 1. The zero-order valence-electron chi connectivity index (χ0n) is 10.9. The third-order valence-electron chi connectivity index (χ3n) is 3.10. The zero-order chi connectivity index (χ0) is 12.8. The van der Waals surface area contributed by atoms with Crippen LogP contribution >= 0.6 is 0 Å². The molecule has 0 aliphatic rings. The van der Waals surface area contributed by atoms with Crippen LogP contribution in [0.2, 0.25) is 0 Å². The fourth-order valence-electron chi connectivity index (χ4n) is 2.11. The van der Waals surface area contributed by atoms with Crippen LogP contribution < -0.4 is 5.73 Å². The maximum atomic E-state index is 5.51. The third kappa shape index (κ3) is 2.99. The second-order valence-corrected chi connectivity index (χ2v) is 4.48. The SMILES string of the molecule is CCc1[nH]c(CCCCN)nc1-c1ccccc1. The molecule has 0 unspecified atom stereocenters. The fourth-order valence-corrected chi connectivity index (χ4v) is 2.11. The summed E-state index contributed by atoms with van der Waals surface area (Å²) >= 11 is 0. The van der Waals surface area contributed by atoms with Gasteiger partial charge in [-0.15, -0.1) is 0 Å². The van der Waals surface area contributed by atoms with Crippen molar-refractivity contribution in [1.82, 2.24) is 9.97 Å². The van der Waals surface area contributed by atoms with Gasteiger partial charge in [0.25, 0.3) is 0 Å². The van der Waals surface area contributed by atoms with Crippen LogP contribution in [0.3, 0.4) is 0 Å². The van der Waals surface area contributed by atoms with Crippen LogP contribution in [0.1, 0.15) is 31.3 Å². The molecule has 3 nitrogen and oxygen atoms in total. The molecule has 0 atom stereocenters. The molecule has 1 aromatic carbocycles. The van der Waals surface area contributed by atoms with E-state index in [0.29, 0.717) is 0 Å². The lowest BCUT2D eigenvalue weighted by molar-refractivity contribution is 0.721. The van der Waals surface area contributed by atoms with Crippen molar-refractivity contribution in [2.24, 2.45) is 5.73 Å². The van der Waals surface area contributed by atoms with Crippen LogP contribution in [-0.4, -0.2) is 16.5 Å². The molecule has 96 valence electrons. The molecule has 1 aromatic heterocycles. The van der Waals surface area contributed by atoms with Crippen LogP contribution in [0.5, 0.6) is 0 Å². The van der Waals surface area contributed by atoms with Gasteiger partial charge in [-0.2, -0.15) is 0 Å². The van der Waals surface area contributed by atoms with Gasteiger partial charge in [0, 0.05) is 17.7 Å². The summed E-state index contributed by atoms with van der Waals surface area (Å²) in [6.45, 7) is 2.91. The van der Waals surface area contributed by atoms with Gasteiger partial charge in [0.15, 0.2) is 0 Å². The van der Waals surface area contributed by atoms with E-state index in [1.54, 1.807) is 0 Å². The lowest BCUT2D eigenvalue weighted by atomic mass is 10.1. The summed E-state index contributed by atoms with van der Waals surface area (Å²) in [6, 6.07) is 10.4. The monoisotopic (exact) mass is 243 g/mol. The first kappa shape index (κ1) is 12.8. The Balaban J connectivity index is 2.19. The number of hydrogen-bond acceptors (Lipinski definition) is 2. The van der Waals surface area contributed by atoms with E-state index < -0.39 is 0 Å². The van der Waals surface area contributed by atoms with Crippen LogP contribution in [0.15, 0.2) is 30.3 Å². The van der Waals surface area contributed by atoms with Gasteiger partial charge in [-0.25, -0.2) is 4.98 Å². The smallest absolute Gasteiger partial charge is 0.106 e. The van der Waals surface area contributed by atoms with Gasteiger partial charge in [-0.05, 0) is 25.8 Å². The van der Waals surface area contributed by atoms with Gasteiger partial charge in [0.05, 0.1) is 5.69 Å². The van der Waals surface area contributed by atoms with Crippen molar-refractivity contribution in [2.75, 3.05) is 6.54 Å². The molecule has 0 bridgehead atoms. The van der Waals surface area contributed by atoms with Gasteiger partial charge in [0.1, 0.15) is 5.82 Å². The average molecular weight is 243 g/mol. The summed E-state index contributed by atoms with van der Waals surface area (Å²) in [6.07, 6.45) is 4.12. The number of imidazole rings is 1. The Hall–Kier alpha value is -1.61. The van der Waals surface area contributed by atoms with Crippen molar-refractivity contribution in [2.45, 2.75) is 32.6 Å². The molecule has 0 saturated carbocycles. The topological polar surface area (TPSA) is 54.7 Å². The molecule has 0 aliphatic carbocycles. The van der Waals surface area contributed by atoms with E-state index in [-0.39, 0.29) is 0 Å². The van der Waals surface area contributed by atoms with E-state index in [1.165, 1.54) is 11.3 Å². The molecule has 0 saturated heterocycles. The number of rotatable bonds is 6. The first-order valence-corrected chi connectivity index (χ1v) is 6.68. The summed E-state index contributed by atoms with van der Waals surface area (Å²) in [5.74, 6) is 1.08. The maximum absolute atomic E-state index is 5.51. The Morgan fingerprint density at radius 3 is 2.61 bits per heavy atom. The quantitative estimate of drug-likeness (QED) is 0.766. The van der Waals surface area contributed by atoms with Crippen molar-refractivity contribution in [3.05, 3.63) is 41.9 Å². The predicted octanol–water partition coefficient (Wildman–Crippen LogP) is 2.92. The molecular formula is C15H21N3. The van der Waals surface area contributed by atoms with E-state index in [4.69, 9.17) is 10.7 Å².